The molecule has 1 aliphatic rings. The van der Waals surface area contributed by atoms with E-state index in [9.17, 15) is 18.0 Å². The van der Waals surface area contributed by atoms with Crippen molar-refractivity contribution in [1.82, 2.24) is 19.8 Å². The summed E-state index contributed by atoms with van der Waals surface area (Å²) in [5, 5.41) is 2.64. The molecule has 0 spiro atoms. The first-order valence-electron chi connectivity index (χ1n) is 8.02. The van der Waals surface area contributed by atoms with Gasteiger partial charge in [0.1, 0.15) is 6.04 Å². The molecule has 0 saturated carbocycles. The van der Waals surface area contributed by atoms with Gasteiger partial charge in [-0.2, -0.15) is 0 Å². The second-order valence-corrected chi connectivity index (χ2v) is 7.85. The van der Waals surface area contributed by atoms with Crippen LogP contribution in [0.5, 0.6) is 0 Å². The van der Waals surface area contributed by atoms with E-state index in [2.05, 4.69) is 10.0 Å². The van der Waals surface area contributed by atoms with Crippen LogP contribution >= 0.6 is 0 Å². The lowest BCUT2D eigenvalue weighted by Crippen LogP contribution is -2.60. The molecule has 1 fully saturated rings. The van der Waals surface area contributed by atoms with Gasteiger partial charge in [-0.15, -0.1) is 0 Å². The summed E-state index contributed by atoms with van der Waals surface area (Å²) in [5.74, 6) is -0.497. The molecule has 2 rings (SSSR count). The highest BCUT2D eigenvalue weighted by Gasteiger charge is 2.33. The molecule has 1 heterocycles. The molecule has 138 valence electrons. The zero-order valence-electron chi connectivity index (χ0n) is 14.4. The van der Waals surface area contributed by atoms with E-state index in [0.29, 0.717) is 19.6 Å². The summed E-state index contributed by atoms with van der Waals surface area (Å²) in [6.07, 6.45) is 1.01. The maximum Gasteiger partial charge on any atom is 0.238 e. The molecular formula is C16H24N4O4S. The van der Waals surface area contributed by atoms with Crippen molar-refractivity contribution < 1.29 is 18.0 Å². The fraction of sp³-hybridized carbons (Fsp3) is 0.500. The van der Waals surface area contributed by atoms with Crippen molar-refractivity contribution in [3.8, 4) is 0 Å². The Hall–Kier alpha value is -1.97. The van der Waals surface area contributed by atoms with Crippen LogP contribution in [0.15, 0.2) is 30.3 Å². The molecule has 8 nitrogen and oxygen atoms in total. The average molecular weight is 368 g/mol. The Balaban J connectivity index is 2.04. The first-order valence-corrected chi connectivity index (χ1v) is 9.91. The summed E-state index contributed by atoms with van der Waals surface area (Å²) >= 11 is 0. The SMILES string of the molecule is CNC(=O)C1CN(C(=O)CNS(C)(=O)=O)CCN1Cc1ccccc1. The van der Waals surface area contributed by atoms with Crippen molar-refractivity contribution in [3.63, 3.8) is 0 Å². The molecule has 1 atom stereocenters. The van der Waals surface area contributed by atoms with E-state index in [-0.39, 0.29) is 24.9 Å². The number of nitrogens with zero attached hydrogens (tertiary/aromatic N) is 2. The highest BCUT2D eigenvalue weighted by molar-refractivity contribution is 7.88. The van der Waals surface area contributed by atoms with Gasteiger partial charge in [-0.25, -0.2) is 13.1 Å². The van der Waals surface area contributed by atoms with Crippen molar-refractivity contribution >= 4 is 21.8 Å². The predicted molar refractivity (Wildman–Crippen MR) is 94.1 cm³/mol. The number of nitrogens with one attached hydrogen (secondary N) is 2. The van der Waals surface area contributed by atoms with Crippen LogP contribution in [0.2, 0.25) is 0 Å². The highest BCUT2D eigenvalue weighted by atomic mass is 32.2. The number of hydrogen-bond acceptors (Lipinski definition) is 5. The van der Waals surface area contributed by atoms with Gasteiger partial charge in [0, 0.05) is 33.2 Å². The second-order valence-electron chi connectivity index (χ2n) is 6.02. The molecule has 0 bridgehead atoms. The van der Waals surface area contributed by atoms with E-state index in [1.165, 1.54) is 4.90 Å². The molecule has 0 aliphatic carbocycles. The minimum absolute atomic E-state index is 0.162. The van der Waals surface area contributed by atoms with Gasteiger partial charge in [0.15, 0.2) is 0 Å². The number of sulfonamides is 1. The molecule has 25 heavy (non-hydrogen) atoms. The lowest BCUT2D eigenvalue weighted by atomic mass is 10.1. The lowest BCUT2D eigenvalue weighted by Gasteiger charge is -2.40. The van der Waals surface area contributed by atoms with Gasteiger partial charge in [0.05, 0.1) is 12.8 Å². The fourth-order valence-electron chi connectivity index (χ4n) is 2.77. The lowest BCUT2D eigenvalue weighted by molar-refractivity contribution is -0.137. The molecule has 9 heteroatoms. The number of piperazine rings is 1. The molecular weight excluding hydrogens is 344 g/mol. The Morgan fingerprint density at radius 3 is 2.48 bits per heavy atom. The Morgan fingerprint density at radius 2 is 1.88 bits per heavy atom. The molecule has 2 amide bonds. The molecule has 1 saturated heterocycles. The van der Waals surface area contributed by atoms with Gasteiger partial charge < -0.3 is 10.2 Å². The predicted octanol–water partition coefficient (Wildman–Crippen LogP) is -1.01. The summed E-state index contributed by atoms with van der Waals surface area (Å²) in [7, 11) is -1.87. The van der Waals surface area contributed by atoms with Crippen LogP contribution in [0, 0.1) is 0 Å². The van der Waals surface area contributed by atoms with Crippen LogP contribution in [0.4, 0.5) is 0 Å². The van der Waals surface area contributed by atoms with Gasteiger partial charge in [-0.3, -0.25) is 14.5 Å². The van der Waals surface area contributed by atoms with Crippen LogP contribution in [-0.2, 0) is 26.2 Å². The normalized spacial score (nSPS) is 18.8. The highest BCUT2D eigenvalue weighted by Crippen LogP contribution is 2.14. The van der Waals surface area contributed by atoms with E-state index in [1.807, 2.05) is 35.2 Å². The molecule has 0 aromatic heterocycles. The van der Waals surface area contributed by atoms with Crippen molar-refractivity contribution in [2.75, 3.05) is 39.5 Å². The maximum atomic E-state index is 12.3. The largest absolute Gasteiger partial charge is 0.358 e. The summed E-state index contributed by atoms with van der Waals surface area (Å²) in [5.41, 5.74) is 1.09. The number of likely N-dealkylation sites (N-methyl/N-ethyl adjacent to an activating group) is 1. The van der Waals surface area contributed by atoms with Crippen LogP contribution < -0.4 is 10.0 Å². The van der Waals surface area contributed by atoms with Crippen molar-refractivity contribution in [1.29, 1.82) is 0 Å². The number of carbonyl (C=O) groups excluding carboxylic acids is 2. The van der Waals surface area contributed by atoms with Crippen LogP contribution in [0.25, 0.3) is 0 Å². The fourth-order valence-corrected chi connectivity index (χ4v) is 3.16. The summed E-state index contributed by atoms with van der Waals surface area (Å²) in [6.45, 7) is 1.54. The van der Waals surface area contributed by atoms with Gasteiger partial charge >= 0.3 is 0 Å². The standard InChI is InChI=1S/C16H24N4O4S/c1-17-16(22)14-12-20(15(21)10-18-25(2,23)24)9-8-19(14)11-13-6-4-3-5-7-13/h3-7,14,18H,8-12H2,1-2H3,(H,17,22). The summed E-state index contributed by atoms with van der Waals surface area (Å²) in [4.78, 5) is 28.0. The monoisotopic (exact) mass is 368 g/mol. The summed E-state index contributed by atoms with van der Waals surface area (Å²) in [6, 6.07) is 9.34. The number of benzene rings is 1. The second kappa shape index (κ2) is 8.41. The maximum absolute atomic E-state index is 12.3. The van der Waals surface area contributed by atoms with Crippen molar-refractivity contribution in [3.05, 3.63) is 35.9 Å². The van der Waals surface area contributed by atoms with Gasteiger partial charge in [0.25, 0.3) is 0 Å². The topological polar surface area (TPSA) is 98.8 Å². The van der Waals surface area contributed by atoms with Gasteiger partial charge in [0.2, 0.25) is 21.8 Å². The number of carbonyl (C=O) groups is 2. The van der Waals surface area contributed by atoms with E-state index < -0.39 is 16.1 Å². The van der Waals surface area contributed by atoms with E-state index in [1.54, 1.807) is 7.05 Å². The zero-order valence-corrected chi connectivity index (χ0v) is 15.3. The van der Waals surface area contributed by atoms with E-state index in [4.69, 9.17) is 0 Å². The van der Waals surface area contributed by atoms with Crippen LogP contribution in [0.1, 0.15) is 5.56 Å². The Morgan fingerprint density at radius 1 is 1.20 bits per heavy atom. The third kappa shape index (κ3) is 5.80. The average Bonchev–Trinajstić information content (AvgIpc) is 2.59. The minimum Gasteiger partial charge on any atom is -0.358 e. The molecule has 1 aliphatic heterocycles. The number of amides is 2. The quantitative estimate of drug-likeness (QED) is 0.671. The van der Waals surface area contributed by atoms with Gasteiger partial charge in [-0.05, 0) is 5.56 Å². The van der Waals surface area contributed by atoms with Gasteiger partial charge in [-0.1, -0.05) is 30.3 Å². The Labute approximate surface area is 148 Å². The zero-order chi connectivity index (χ0) is 18.4. The molecule has 1 aromatic rings. The van der Waals surface area contributed by atoms with Crippen molar-refractivity contribution in [2.45, 2.75) is 12.6 Å². The van der Waals surface area contributed by atoms with Crippen molar-refractivity contribution in [2.24, 2.45) is 0 Å². The number of rotatable bonds is 6. The first kappa shape index (κ1) is 19.4. The summed E-state index contributed by atoms with van der Waals surface area (Å²) < 4.78 is 24.5. The molecule has 1 aromatic carbocycles. The third-order valence-electron chi connectivity index (χ3n) is 4.11. The number of hydrogen-bond donors (Lipinski definition) is 2. The van der Waals surface area contributed by atoms with E-state index >= 15 is 0 Å². The molecule has 0 radical (unpaired) electrons. The molecule has 2 N–H and O–H groups in total. The Bertz CT molecular complexity index is 708. The third-order valence-corrected chi connectivity index (χ3v) is 4.78. The smallest absolute Gasteiger partial charge is 0.238 e. The first-order chi connectivity index (χ1) is 11.8. The minimum atomic E-state index is -3.43. The van der Waals surface area contributed by atoms with E-state index in [0.717, 1.165) is 11.8 Å². The Kier molecular flexibility index (Phi) is 6.51. The van der Waals surface area contributed by atoms with Crippen LogP contribution in [-0.4, -0.2) is 75.6 Å². The van der Waals surface area contributed by atoms with Crippen LogP contribution in [0.3, 0.4) is 0 Å². The molecule has 1 unspecified atom stereocenters.